The highest BCUT2D eigenvalue weighted by molar-refractivity contribution is 5.84. The molecule has 0 bridgehead atoms. The van der Waals surface area contributed by atoms with E-state index in [0.29, 0.717) is 0 Å². The second-order valence-electron chi connectivity index (χ2n) is 6.13. The number of aromatic nitrogens is 5. The Balaban J connectivity index is 1.85. The van der Waals surface area contributed by atoms with E-state index in [-0.39, 0.29) is 0 Å². The van der Waals surface area contributed by atoms with E-state index in [9.17, 15) is 0 Å². The zero-order valence-electron chi connectivity index (χ0n) is 13.6. The Labute approximate surface area is 144 Å². The fraction of sp³-hybridized carbons (Fsp3) is 0.0500. The third-order valence-corrected chi connectivity index (χ3v) is 4.35. The van der Waals surface area contributed by atoms with Gasteiger partial charge in [-0.25, -0.2) is 9.97 Å². The number of nitrogens with zero attached hydrogens (tertiary/aromatic N) is 4. The van der Waals surface area contributed by atoms with E-state index in [1.165, 1.54) is 0 Å². The summed E-state index contributed by atoms with van der Waals surface area (Å²) in [6.07, 6.45) is 3.71. The third kappa shape index (κ3) is 2.21. The lowest BCUT2D eigenvalue weighted by Crippen LogP contribution is -1.98. The van der Waals surface area contributed by atoms with E-state index in [1.54, 1.807) is 0 Å². The van der Waals surface area contributed by atoms with Gasteiger partial charge in [0.25, 0.3) is 0 Å². The van der Waals surface area contributed by atoms with Crippen LogP contribution in [0.5, 0.6) is 0 Å². The van der Waals surface area contributed by atoms with Gasteiger partial charge in [0.05, 0.1) is 11.7 Å². The van der Waals surface area contributed by atoms with Crippen molar-refractivity contribution in [3.8, 4) is 17.1 Å². The first-order chi connectivity index (χ1) is 12.3. The summed E-state index contributed by atoms with van der Waals surface area (Å²) in [5.41, 5.74) is 5.94. The highest BCUT2D eigenvalue weighted by atomic mass is 15.1. The van der Waals surface area contributed by atoms with E-state index in [4.69, 9.17) is 4.98 Å². The fourth-order valence-electron chi connectivity index (χ4n) is 3.16. The molecule has 5 rings (SSSR count). The lowest BCUT2D eigenvalue weighted by atomic mass is 10.2. The number of H-pyrrole nitrogens is 1. The average molecular weight is 325 g/mol. The maximum atomic E-state index is 4.86. The van der Waals surface area contributed by atoms with Crippen LogP contribution in [-0.2, 0) is 0 Å². The van der Waals surface area contributed by atoms with Gasteiger partial charge in [-0.05, 0) is 36.8 Å². The van der Waals surface area contributed by atoms with Gasteiger partial charge >= 0.3 is 0 Å². The monoisotopic (exact) mass is 325 g/mol. The quantitative estimate of drug-likeness (QED) is 0.527. The molecule has 0 saturated carbocycles. The van der Waals surface area contributed by atoms with Crippen LogP contribution in [-0.4, -0.2) is 24.7 Å². The molecule has 3 aromatic heterocycles. The topological polar surface area (TPSA) is 59.4 Å². The standard InChI is InChI=1S/C20H15N5/c1-13-9-18-20(21-11-13)25(19(23-18)14-5-3-2-4-6-14)16-7-8-17-15(10-16)12-22-24-17/h2-12H,1H3,(H,22,24). The fourth-order valence-corrected chi connectivity index (χ4v) is 3.16. The lowest BCUT2D eigenvalue weighted by molar-refractivity contribution is 1.08. The van der Waals surface area contributed by atoms with Crippen LogP contribution in [0.1, 0.15) is 5.56 Å². The molecule has 0 saturated heterocycles. The van der Waals surface area contributed by atoms with Crippen LogP contribution in [0.2, 0.25) is 0 Å². The van der Waals surface area contributed by atoms with E-state index in [2.05, 4.69) is 50.1 Å². The number of rotatable bonds is 2. The zero-order chi connectivity index (χ0) is 16.8. The van der Waals surface area contributed by atoms with Gasteiger partial charge in [0.2, 0.25) is 0 Å². The molecule has 0 radical (unpaired) electrons. The van der Waals surface area contributed by atoms with E-state index < -0.39 is 0 Å². The Morgan fingerprint density at radius 2 is 1.84 bits per heavy atom. The molecule has 0 aliphatic carbocycles. The van der Waals surface area contributed by atoms with Gasteiger partial charge in [0.15, 0.2) is 5.65 Å². The minimum absolute atomic E-state index is 0.854. The van der Waals surface area contributed by atoms with E-state index >= 15 is 0 Å². The van der Waals surface area contributed by atoms with Crippen LogP contribution in [0, 0.1) is 6.92 Å². The first kappa shape index (κ1) is 13.9. The van der Waals surface area contributed by atoms with Gasteiger partial charge in [-0.2, -0.15) is 5.10 Å². The number of benzene rings is 2. The molecule has 0 aliphatic rings. The van der Waals surface area contributed by atoms with E-state index in [0.717, 1.165) is 44.7 Å². The maximum absolute atomic E-state index is 4.86. The molecule has 5 heteroatoms. The van der Waals surface area contributed by atoms with Crippen LogP contribution in [0.15, 0.2) is 67.0 Å². The van der Waals surface area contributed by atoms with Crippen molar-refractivity contribution in [2.24, 2.45) is 0 Å². The molecule has 0 atom stereocenters. The number of nitrogens with one attached hydrogen (secondary N) is 1. The summed E-state index contributed by atoms with van der Waals surface area (Å²) in [6, 6.07) is 18.5. The molecular weight excluding hydrogens is 310 g/mol. The van der Waals surface area contributed by atoms with Gasteiger partial charge in [0, 0.05) is 22.8 Å². The molecule has 2 aromatic carbocycles. The highest BCUT2D eigenvalue weighted by Crippen LogP contribution is 2.29. The molecule has 25 heavy (non-hydrogen) atoms. The second-order valence-corrected chi connectivity index (χ2v) is 6.13. The molecule has 0 aliphatic heterocycles. The lowest BCUT2D eigenvalue weighted by Gasteiger charge is -2.09. The smallest absolute Gasteiger partial charge is 0.164 e. The SMILES string of the molecule is Cc1cnc2c(c1)nc(-c1ccccc1)n2-c1ccc2[nH]ncc2c1. The summed E-state index contributed by atoms with van der Waals surface area (Å²) in [5, 5.41) is 8.17. The number of aromatic amines is 1. The summed E-state index contributed by atoms with van der Waals surface area (Å²) in [5.74, 6) is 0.886. The summed E-state index contributed by atoms with van der Waals surface area (Å²) < 4.78 is 2.11. The Morgan fingerprint density at radius 3 is 2.72 bits per heavy atom. The molecule has 120 valence electrons. The van der Waals surface area contributed by atoms with Crippen LogP contribution in [0.25, 0.3) is 39.1 Å². The number of aryl methyl sites for hydroxylation is 1. The van der Waals surface area contributed by atoms with Gasteiger partial charge < -0.3 is 0 Å². The van der Waals surface area contributed by atoms with Gasteiger partial charge in [-0.3, -0.25) is 9.67 Å². The largest absolute Gasteiger partial charge is 0.278 e. The van der Waals surface area contributed by atoms with Crippen LogP contribution in [0.3, 0.4) is 0 Å². The number of hydrogen-bond acceptors (Lipinski definition) is 3. The van der Waals surface area contributed by atoms with Gasteiger partial charge in [-0.1, -0.05) is 30.3 Å². The zero-order valence-corrected chi connectivity index (χ0v) is 13.6. The summed E-state index contributed by atoms with van der Waals surface area (Å²) >= 11 is 0. The summed E-state index contributed by atoms with van der Waals surface area (Å²) in [4.78, 5) is 9.51. The number of hydrogen-bond donors (Lipinski definition) is 1. The van der Waals surface area contributed by atoms with Gasteiger partial charge in [-0.15, -0.1) is 0 Å². The number of fused-ring (bicyclic) bond motifs is 2. The second kappa shape index (κ2) is 5.27. The maximum Gasteiger partial charge on any atom is 0.164 e. The third-order valence-electron chi connectivity index (χ3n) is 4.35. The molecule has 0 fully saturated rings. The van der Waals surface area contributed by atoms with Crippen molar-refractivity contribution in [3.05, 3.63) is 72.6 Å². The number of imidazole rings is 1. The minimum Gasteiger partial charge on any atom is -0.278 e. The molecule has 0 unspecified atom stereocenters. The van der Waals surface area contributed by atoms with E-state index in [1.807, 2.05) is 43.6 Å². The summed E-state index contributed by atoms with van der Waals surface area (Å²) in [7, 11) is 0. The average Bonchev–Trinajstić information content (AvgIpc) is 3.25. The van der Waals surface area contributed by atoms with Crippen LogP contribution < -0.4 is 0 Å². The Hall–Kier alpha value is -3.47. The highest BCUT2D eigenvalue weighted by Gasteiger charge is 2.15. The molecule has 3 heterocycles. The molecule has 0 amide bonds. The minimum atomic E-state index is 0.854. The normalized spacial score (nSPS) is 11.4. The molecule has 1 N–H and O–H groups in total. The number of pyridine rings is 1. The molecule has 5 aromatic rings. The van der Waals surface area contributed by atoms with Crippen LogP contribution >= 0.6 is 0 Å². The van der Waals surface area contributed by atoms with Crippen molar-refractivity contribution in [2.45, 2.75) is 6.92 Å². The Bertz CT molecular complexity index is 1200. The predicted octanol–water partition coefficient (Wildman–Crippen LogP) is 4.27. The Kier molecular flexibility index (Phi) is 2.94. The van der Waals surface area contributed by atoms with Crippen molar-refractivity contribution < 1.29 is 0 Å². The van der Waals surface area contributed by atoms with Gasteiger partial charge in [0.1, 0.15) is 11.3 Å². The van der Waals surface area contributed by atoms with Crippen molar-refractivity contribution in [2.75, 3.05) is 0 Å². The van der Waals surface area contributed by atoms with Crippen molar-refractivity contribution in [1.29, 1.82) is 0 Å². The Morgan fingerprint density at radius 1 is 0.960 bits per heavy atom. The summed E-state index contributed by atoms with van der Waals surface area (Å²) in [6.45, 7) is 2.03. The predicted molar refractivity (Wildman–Crippen MR) is 98.7 cm³/mol. The first-order valence-electron chi connectivity index (χ1n) is 8.14. The first-order valence-corrected chi connectivity index (χ1v) is 8.14. The van der Waals surface area contributed by atoms with Crippen molar-refractivity contribution >= 4 is 22.1 Å². The van der Waals surface area contributed by atoms with Crippen molar-refractivity contribution in [1.82, 2.24) is 24.7 Å². The molecule has 0 spiro atoms. The molecule has 5 nitrogen and oxygen atoms in total. The van der Waals surface area contributed by atoms with Crippen molar-refractivity contribution in [3.63, 3.8) is 0 Å². The van der Waals surface area contributed by atoms with Crippen LogP contribution in [0.4, 0.5) is 0 Å². The molecular formula is C20H15N5.